The molecule has 0 aliphatic carbocycles. The molecule has 0 radical (unpaired) electrons. The van der Waals surface area contributed by atoms with E-state index in [-0.39, 0.29) is 6.61 Å². The zero-order valence-corrected chi connectivity index (χ0v) is 10.9. The van der Waals surface area contributed by atoms with Gasteiger partial charge in [-0.3, -0.25) is 0 Å². The van der Waals surface area contributed by atoms with Crippen LogP contribution >= 0.6 is 15.9 Å². The maximum Gasteiger partial charge on any atom is 0.120 e. The molecule has 2 rings (SSSR count). The molecule has 2 aromatic rings. The average Bonchev–Trinajstić information content (AvgIpc) is 2.38. The lowest BCUT2D eigenvalue weighted by atomic mass is 10.2. The fourth-order valence-electron chi connectivity index (χ4n) is 1.49. The summed E-state index contributed by atoms with van der Waals surface area (Å²) >= 11 is 3.39. The number of benzene rings is 2. The van der Waals surface area contributed by atoms with Gasteiger partial charge in [-0.25, -0.2) is 0 Å². The number of halogens is 1. The van der Waals surface area contributed by atoms with Crippen molar-refractivity contribution in [3.8, 4) is 5.75 Å². The second-order valence-corrected chi connectivity index (χ2v) is 4.54. The second-order valence-electron chi connectivity index (χ2n) is 3.69. The van der Waals surface area contributed by atoms with Crippen molar-refractivity contribution in [1.82, 2.24) is 0 Å². The summed E-state index contributed by atoms with van der Waals surface area (Å²) in [6.07, 6.45) is 0. The molecular formula is C14H13BrO2. The number of hydrogen-bond donors (Lipinski definition) is 1. The minimum atomic E-state index is 0.0273. The molecule has 0 unspecified atom stereocenters. The minimum absolute atomic E-state index is 0.0273. The molecule has 3 heteroatoms. The Kier molecular flexibility index (Phi) is 4.18. The Hall–Kier alpha value is -1.32. The molecule has 0 aliphatic heterocycles. The van der Waals surface area contributed by atoms with Crippen molar-refractivity contribution in [2.24, 2.45) is 0 Å². The van der Waals surface area contributed by atoms with E-state index in [1.54, 1.807) is 0 Å². The maximum absolute atomic E-state index is 9.05. The van der Waals surface area contributed by atoms with Gasteiger partial charge in [0, 0.05) is 4.47 Å². The molecule has 0 saturated carbocycles. The quantitative estimate of drug-likeness (QED) is 0.934. The van der Waals surface area contributed by atoms with E-state index in [9.17, 15) is 0 Å². The Balaban J connectivity index is 2.02. The summed E-state index contributed by atoms with van der Waals surface area (Å²) in [5.41, 5.74) is 1.99. The molecule has 0 saturated heterocycles. The third-order valence-corrected chi connectivity index (χ3v) is 3.18. The van der Waals surface area contributed by atoms with Crippen LogP contribution in [0.3, 0.4) is 0 Å². The highest BCUT2D eigenvalue weighted by molar-refractivity contribution is 9.10. The van der Waals surface area contributed by atoms with E-state index in [2.05, 4.69) is 15.9 Å². The summed E-state index contributed by atoms with van der Waals surface area (Å²) in [4.78, 5) is 0. The zero-order valence-electron chi connectivity index (χ0n) is 9.27. The average molecular weight is 293 g/mol. The lowest BCUT2D eigenvalue weighted by molar-refractivity contribution is 0.280. The third kappa shape index (κ3) is 3.32. The largest absolute Gasteiger partial charge is 0.489 e. The molecular weight excluding hydrogens is 280 g/mol. The molecule has 0 aromatic heterocycles. The molecule has 0 heterocycles. The van der Waals surface area contributed by atoms with Gasteiger partial charge in [-0.15, -0.1) is 0 Å². The summed E-state index contributed by atoms with van der Waals surface area (Å²) in [7, 11) is 0. The normalized spacial score (nSPS) is 10.2. The van der Waals surface area contributed by atoms with Gasteiger partial charge in [-0.05, 0) is 23.3 Å². The minimum Gasteiger partial charge on any atom is -0.489 e. The van der Waals surface area contributed by atoms with Crippen molar-refractivity contribution in [2.45, 2.75) is 13.2 Å². The predicted octanol–water partition coefficient (Wildman–Crippen LogP) is 3.52. The lowest BCUT2D eigenvalue weighted by Gasteiger charge is -2.08. The van der Waals surface area contributed by atoms with Crippen molar-refractivity contribution < 1.29 is 9.84 Å². The maximum atomic E-state index is 9.05. The van der Waals surface area contributed by atoms with E-state index in [4.69, 9.17) is 9.84 Å². The van der Waals surface area contributed by atoms with Crippen LogP contribution in [0.1, 0.15) is 11.1 Å². The predicted molar refractivity (Wildman–Crippen MR) is 70.8 cm³/mol. The standard InChI is InChI=1S/C14H13BrO2/c15-14-8-13(7-6-12(14)9-16)17-10-11-4-2-1-3-5-11/h1-8,16H,9-10H2. The molecule has 0 spiro atoms. The van der Waals surface area contributed by atoms with Crippen molar-refractivity contribution >= 4 is 15.9 Å². The molecule has 0 amide bonds. The van der Waals surface area contributed by atoms with E-state index < -0.39 is 0 Å². The van der Waals surface area contributed by atoms with Gasteiger partial charge in [0.2, 0.25) is 0 Å². The Bertz CT molecular complexity index is 483. The fourth-order valence-corrected chi connectivity index (χ4v) is 1.97. The van der Waals surface area contributed by atoms with Crippen LogP contribution < -0.4 is 4.74 Å². The van der Waals surface area contributed by atoms with Gasteiger partial charge in [0.1, 0.15) is 12.4 Å². The highest BCUT2D eigenvalue weighted by atomic mass is 79.9. The first-order valence-corrected chi connectivity index (χ1v) is 6.15. The van der Waals surface area contributed by atoms with Gasteiger partial charge >= 0.3 is 0 Å². The summed E-state index contributed by atoms with van der Waals surface area (Å²) in [5.74, 6) is 0.790. The van der Waals surface area contributed by atoms with Crippen LogP contribution in [-0.4, -0.2) is 5.11 Å². The highest BCUT2D eigenvalue weighted by Crippen LogP contribution is 2.23. The first-order valence-electron chi connectivity index (χ1n) is 5.35. The van der Waals surface area contributed by atoms with Crippen LogP contribution in [0.2, 0.25) is 0 Å². The SMILES string of the molecule is OCc1ccc(OCc2ccccc2)cc1Br. The van der Waals surface area contributed by atoms with Crippen LogP contribution in [0, 0.1) is 0 Å². The van der Waals surface area contributed by atoms with Crippen molar-refractivity contribution in [2.75, 3.05) is 0 Å². The summed E-state index contributed by atoms with van der Waals surface area (Å²) in [5, 5.41) is 9.05. The van der Waals surface area contributed by atoms with Crippen LogP contribution in [0.25, 0.3) is 0 Å². The topological polar surface area (TPSA) is 29.5 Å². The Morgan fingerprint density at radius 2 is 1.82 bits per heavy atom. The van der Waals surface area contributed by atoms with E-state index in [0.717, 1.165) is 21.3 Å². The Morgan fingerprint density at radius 1 is 1.06 bits per heavy atom. The summed E-state index contributed by atoms with van der Waals surface area (Å²) in [6, 6.07) is 15.6. The Morgan fingerprint density at radius 3 is 2.47 bits per heavy atom. The number of ether oxygens (including phenoxy) is 1. The number of rotatable bonds is 4. The van der Waals surface area contributed by atoms with E-state index in [0.29, 0.717) is 6.61 Å². The molecule has 0 bridgehead atoms. The van der Waals surface area contributed by atoms with Gasteiger partial charge in [0.15, 0.2) is 0 Å². The van der Waals surface area contributed by atoms with Crippen LogP contribution in [0.5, 0.6) is 5.75 Å². The molecule has 88 valence electrons. The van der Waals surface area contributed by atoms with Crippen molar-refractivity contribution in [3.05, 3.63) is 64.1 Å². The van der Waals surface area contributed by atoms with E-state index in [1.807, 2.05) is 48.5 Å². The molecule has 0 fully saturated rings. The van der Waals surface area contributed by atoms with E-state index in [1.165, 1.54) is 0 Å². The number of aliphatic hydroxyl groups excluding tert-OH is 1. The molecule has 0 atom stereocenters. The molecule has 17 heavy (non-hydrogen) atoms. The molecule has 2 aromatic carbocycles. The van der Waals surface area contributed by atoms with Gasteiger partial charge in [0.25, 0.3) is 0 Å². The highest BCUT2D eigenvalue weighted by Gasteiger charge is 2.01. The first kappa shape index (κ1) is 12.1. The third-order valence-electron chi connectivity index (χ3n) is 2.44. The van der Waals surface area contributed by atoms with Gasteiger partial charge in [0.05, 0.1) is 6.61 Å². The first-order chi connectivity index (χ1) is 8.29. The van der Waals surface area contributed by atoms with Crippen LogP contribution in [0.15, 0.2) is 53.0 Å². The smallest absolute Gasteiger partial charge is 0.120 e. The molecule has 0 aliphatic rings. The summed E-state index contributed by atoms with van der Waals surface area (Å²) in [6.45, 7) is 0.575. The number of hydrogen-bond acceptors (Lipinski definition) is 2. The number of aliphatic hydroxyl groups is 1. The van der Waals surface area contributed by atoms with Crippen LogP contribution in [-0.2, 0) is 13.2 Å². The van der Waals surface area contributed by atoms with Gasteiger partial charge in [-0.1, -0.05) is 52.3 Å². The lowest BCUT2D eigenvalue weighted by Crippen LogP contribution is -1.95. The molecule has 1 N–H and O–H groups in total. The summed E-state index contributed by atoms with van der Waals surface area (Å²) < 4.78 is 6.53. The zero-order chi connectivity index (χ0) is 12.1. The van der Waals surface area contributed by atoms with Gasteiger partial charge < -0.3 is 9.84 Å². The molecule has 2 nitrogen and oxygen atoms in total. The Labute approximate surface area is 109 Å². The second kappa shape index (κ2) is 5.84. The van der Waals surface area contributed by atoms with Crippen molar-refractivity contribution in [1.29, 1.82) is 0 Å². The van der Waals surface area contributed by atoms with Gasteiger partial charge in [-0.2, -0.15) is 0 Å². The fraction of sp³-hybridized carbons (Fsp3) is 0.143. The monoisotopic (exact) mass is 292 g/mol. The van der Waals surface area contributed by atoms with Crippen LogP contribution in [0.4, 0.5) is 0 Å². The van der Waals surface area contributed by atoms with Crippen molar-refractivity contribution in [3.63, 3.8) is 0 Å². The van der Waals surface area contributed by atoms with E-state index >= 15 is 0 Å².